The molecule has 0 spiro atoms. The highest BCUT2D eigenvalue weighted by atomic mass is 16.5. The van der Waals surface area contributed by atoms with Gasteiger partial charge in [-0.3, -0.25) is 0 Å². The zero-order valence-corrected chi connectivity index (χ0v) is 9.89. The van der Waals surface area contributed by atoms with E-state index < -0.39 is 5.97 Å². The van der Waals surface area contributed by atoms with Crippen LogP contribution in [0, 0.1) is 5.92 Å². The number of hydrogen-bond acceptors (Lipinski definition) is 3. The molecule has 0 bridgehead atoms. The maximum atomic E-state index is 11.2. The number of carboxylic acid groups (broad SMARTS) is 1. The highest BCUT2D eigenvalue weighted by Crippen LogP contribution is 2.30. The van der Waals surface area contributed by atoms with Gasteiger partial charge in [0.1, 0.15) is 5.58 Å². The first-order valence-corrected chi connectivity index (χ1v) is 6.07. The maximum absolute atomic E-state index is 11.2. The molecule has 1 heterocycles. The molecule has 4 heteroatoms. The third-order valence-corrected chi connectivity index (χ3v) is 3.19. The molecule has 94 valence electrons. The van der Waals surface area contributed by atoms with Crippen LogP contribution >= 0.6 is 0 Å². The fourth-order valence-corrected chi connectivity index (χ4v) is 2.03. The zero-order valence-electron chi connectivity index (χ0n) is 9.89. The van der Waals surface area contributed by atoms with Crippen molar-refractivity contribution in [1.82, 2.24) is 0 Å². The van der Waals surface area contributed by atoms with Crippen LogP contribution in [-0.2, 0) is 11.3 Å². The number of para-hydroxylation sites is 1. The lowest BCUT2D eigenvalue weighted by Crippen LogP contribution is -2.02. The Bertz CT molecular complexity index is 580. The molecule has 0 saturated heterocycles. The Morgan fingerprint density at radius 3 is 2.89 bits per heavy atom. The molecule has 4 nitrogen and oxygen atoms in total. The van der Waals surface area contributed by atoms with Gasteiger partial charge in [0.05, 0.1) is 6.61 Å². The second-order valence-corrected chi connectivity index (χ2v) is 4.67. The average molecular weight is 246 g/mol. The maximum Gasteiger partial charge on any atom is 0.372 e. The van der Waals surface area contributed by atoms with E-state index in [9.17, 15) is 4.79 Å². The molecule has 3 rings (SSSR count). The van der Waals surface area contributed by atoms with Crippen LogP contribution in [0.15, 0.2) is 28.7 Å². The van der Waals surface area contributed by atoms with Gasteiger partial charge in [0, 0.05) is 17.6 Å². The van der Waals surface area contributed by atoms with E-state index in [1.807, 2.05) is 18.2 Å². The smallest absolute Gasteiger partial charge is 0.372 e. The minimum atomic E-state index is -1.05. The molecule has 1 aliphatic rings. The van der Waals surface area contributed by atoms with Crippen LogP contribution in [0.2, 0.25) is 0 Å². The number of benzene rings is 1. The van der Waals surface area contributed by atoms with E-state index in [0.717, 1.165) is 5.39 Å². The van der Waals surface area contributed by atoms with E-state index in [2.05, 4.69) is 0 Å². The monoisotopic (exact) mass is 246 g/mol. The second-order valence-electron chi connectivity index (χ2n) is 4.67. The third-order valence-electron chi connectivity index (χ3n) is 3.19. The first-order valence-electron chi connectivity index (χ1n) is 6.07. The summed E-state index contributed by atoms with van der Waals surface area (Å²) in [5.74, 6) is -0.389. The van der Waals surface area contributed by atoms with Crippen molar-refractivity contribution in [2.45, 2.75) is 19.4 Å². The van der Waals surface area contributed by atoms with Gasteiger partial charge in [-0.1, -0.05) is 18.2 Å². The molecule has 0 unspecified atom stereocenters. The molecular formula is C14H14O4. The van der Waals surface area contributed by atoms with E-state index >= 15 is 0 Å². The van der Waals surface area contributed by atoms with Gasteiger partial charge >= 0.3 is 5.97 Å². The van der Waals surface area contributed by atoms with Crippen molar-refractivity contribution < 1.29 is 19.1 Å². The predicted octanol–water partition coefficient (Wildman–Crippen LogP) is 3.06. The molecule has 1 aromatic carbocycles. The molecule has 0 amide bonds. The minimum absolute atomic E-state index is 0.00741. The largest absolute Gasteiger partial charge is 0.475 e. The Morgan fingerprint density at radius 2 is 2.17 bits per heavy atom. The van der Waals surface area contributed by atoms with Crippen molar-refractivity contribution >= 4 is 16.9 Å². The number of hydrogen-bond donors (Lipinski definition) is 1. The summed E-state index contributed by atoms with van der Waals surface area (Å²) in [7, 11) is 0. The molecular weight excluding hydrogens is 232 g/mol. The van der Waals surface area contributed by atoms with Crippen molar-refractivity contribution in [3.8, 4) is 0 Å². The first-order chi connectivity index (χ1) is 8.75. The van der Waals surface area contributed by atoms with Gasteiger partial charge in [0.2, 0.25) is 5.76 Å². The number of carboxylic acids is 1. The number of aromatic carboxylic acids is 1. The summed E-state index contributed by atoms with van der Waals surface area (Å²) in [6.45, 7) is 1.01. The van der Waals surface area contributed by atoms with E-state index in [4.69, 9.17) is 14.3 Å². The number of carbonyl (C=O) groups is 1. The van der Waals surface area contributed by atoms with Crippen molar-refractivity contribution in [3.63, 3.8) is 0 Å². The number of furan rings is 1. The summed E-state index contributed by atoms with van der Waals surface area (Å²) in [5, 5.41) is 9.96. The fraction of sp³-hybridized carbons (Fsp3) is 0.357. The Kier molecular flexibility index (Phi) is 2.80. The Balaban J connectivity index is 1.90. The lowest BCUT2D eigenvalue weighted by molar-refractivity contribution is 0.0651. The minimum Gasteiger partial charge on any atom is -0.475 e. The lowest BCUT2D eigenvalue weighted by atomic mass is 10.1. The highest BCUT2D eigenvalue weighted by molar-refractivity contribution is 5.94. The van der Waals surface area contributed by atoms with Crippen molar-refractivity contribution in [1.29, 1.82) is 0 Å². The average Bonchev–Trinajstić information content (AvgIpc) is 3.10. The molecule has 18 heavy (non-hydrogen) atoms. The Morgan fingerprint density at radius 1 is 1.39 bits per heavy atom. The lowest BCUT2D eigenvalue weighted by Gasteiger charge is -2.02. The van der Waals surface area contributed by atoms with Crippen molar-refractivity contribution in [2.75, 3.05) is 6.61 Å². The van der Waals surface area contributed by atoms with Gasteiger partial charge in [-0.15, -0.1) is 0 Å². The van der Waals surface area contributed by atoms with E-state index in [0.29, 0.717) is 30.3 Å². The van der Waals surface area contributed by atoms with Crippen LogP contribution < -0.4 is 0 Å². The van der Waals surface area contributed by atoms with E-state index in [-0.39, 0.29) is 5.76 Å². The van der Waals surface area contributed by atoms with E-state index in [1.165, 1.54) is 12.8 Å². The van der Waals surface area contributed by atoms with Gasteiger partial charge in [-0.25, -0.2) is 4.79 Å². The van der Waals surface area contributed by atoms with E-state index in [1.54, 1.807) is 6.07 Å². The predicted molar refractivity (Wildman–Crippen MR) is 65.6 cm³/mol. The van der Waals surface area contributed by atoms with Crippen molar-refractivity contribution in [3.05, 3.63) is 35.6 Å². The quantitative estimate of drug-likeness (QED) is 0.880. The second kappa shape index (κ2) is 4.46. The van der Waals surface area contributed by atoms with Crippen LogP contribution in [0.25, 0.3) is 11.0 Å². The number of ether oxygens (including phenoxy) is 1. The fourth-order valence-electron chi connectivity index (χ4n) is 2.03. The molecule has 1 N–H and O–H groups in total. The molecule has 0 atom stereocenters. The summed E-state index contributed by atoms with van der Waals surface area (Å²) in [4.78, 5) is 11.2. The summed E-state index contributed by atoms with van der Waals surface area (Å²) < 4.78 is 10.9. The standard InChI is InChI=1S/C14H14O4/c15-14(16)13-11(8-17-7-9-5-6-9)10-3-1-2-4-12(10)18-13/h1-4,9H,5-8H2,(H,15,16). The normalized spacial score (nSPS) is 15.1. The first kappa shape index (κ1) is 11.3. The molecule has 1 aromatic heterocycles. The highest BCUT2D eigenvalue weighted by Gasteiger charge is 2.23. The summed E-state index contributed by atoms with van der Waals surface area (Å²) in [6, 6.07) is 7.33. The topological polar surface area (TPSA) is 59.7 Å². The van der Waals surface area contributed by atoms with Gasteiger partial charge in [0.25, 0.3) is 0 Å². The number of rotatable bonds is 5. The van der Waals surface area contributed by atoms with Crippen LogP contribution in [0.4, 0.5) is 0 Å². The van der Waals surface area contributed by atoms with Gasteiger partial charge in [0.15, 0.2) is 0 Å². The molecule has 1 fully saturated rings. The molecule has 0 aliphatic heterocycles. The Labute approximate surface area is 104 Å². The van der Waals surface area contributed by atoms with Crippen LogP contribution in [0.5, 0.6) is 0 Å². The third kappa shape index (κ3) is 2.11. The number of fused-ring (bicyclic) bond motifs is 1. The molecule has 0 radical (unpaired) electrons. The summed E-state index contributed by atoms with van der Waals surface area (Å²) in [6.07, 6.45) is 2.44. The summed E-state index contributed by atoms with van der Waals surface area (Å²) >= 11 is 0. The van der Waals surface area contributed by atoms with Crippen LogP contribution in [0.1, 0.15) is 29.0 Å². The van der Waals surface area contributed by atoms with Crippen LogP contribution in [0.3, 0.4) is 0 Å². The molecule has 1 aliphatic carbocycles. The van der Waals surface area contributed by atoms with Gasteiger partial charge in [-0.05, 0) is 24.8 Å². The molecule has 1 saturated carbocycles. The SMILES string of the molecule is O=C(O)c1oc2ccccc2c1COCC1CC1. The Hall–Kier alpha value is -1.81. The van der Waals surface area contributed by atoms with Gasteiger partial charge in [-0.2, -0.15) is 0 Å². The van der Waals surface area contributed by atoms with Crippen molar-refractivity contribution in [2.24, 2.45) is 5.92 Å². The van der Waals surface area contributed by atoms with Gasteiger partial charge < -0.3 is 14.3 Å². The summed E-state index contributed by atoms with van der Waals surface area (Å²) in [5.41, 5.74) is 1.23. The van der Waals surface area contributed by atoms with Crippen LogP contribution in [-0.4, -0.2) is 17.7 Å². The molecule has 2 aromatic rings. The zero-order chi connectivity index (χ0) is 12.5.